The second-order valence-electron chi connectivity index (χ2n) is 8.05. The molecule has 0 unspecified atom stereocenters. The van der Waals surface area contributed by atoms with Crippen LogP contribution in [0.15, 0.2) is 18.2 Å². The number of Topliss-reactive ketones (excluding diaryl/α,β-unsaturated/α-hetero) is 1. The number of imide groups is 1. The van der Waals surface area contributed by atoms with E-state index in [1.54, 1.807) is 6.92 Å². The van der Waals surface area contributed by atoms with Crippen LogP contribution in [-0.2, 0) is 21.4 Å². The van der Waals surface area contributed by atoms with Crippen molar-refractivity contribution in [3.63, 3.8) is 0 Å². The quantitative estimate of drug-likeness (QED) is 0.820. The van der Waals surface area contributed by atoms with Crippen LogP contribution in [0.1, 0.15) is 50.6 Å². The first-order valence-electron chi connectivity index (χ1n) is 9.97. The number of benzene rings is 1. The third-order valence-corrected chi connectivity index (χ3v) is 5.99. The van der Waals surface area contributed by atoms with Gasteiger partial charge in [-0.3, -0.25) is 19.6 Å². The van der Waals surface area contributed by atoms with Crippen LogP contribution in [0.3, 0.4) is 0 Å². The number of amides is 2. The van der Waals surface area contributed by atoms with Crippen LogP contribution in [-0.4, -0.2) is 40.5 Å². The summed E-state index contributed by atoms with van der Waals surface area (Å²) in [5.74, 6) is -0.0801. The first-order valence-corrected chi connectivity index (χ1v) is 9.97. The van der Waals surface area contributed by atoms with Crippen molar-refractivity contribution >= 4 is 34.2 Å². The molecule has 1 N–H and O–H groups in total. The van der Waals surface area contributed by atoms with Gasteiger partial charge in [-0.1, -0.05) is 0 Å². The predicted molar refractivity (Wildman–Crippen MR) is 106 cm³/mol. The van der Waals surface area contributed by atoms with E-state index >= 15 is 0 Å². The van der Waals surface area contributed by atoms with Gasteiger partial charge in [-0.15, -0.1) is 0 Å². The molecule has 0 bridgehead atoms. The molecule has 1 aromatic heterocycles. The van der Waals surface area contributed by atoms with Crippen LogP contribution in [0.2, 0.25) is 0 Å². The number of nitrogens with one attached hydrogen (secondary N) is 1. The first-order chi connectivity index (χ1) is 13.4. The van der Waals surface area contributed by atoms with Crippen molar-refractivity contribution in [3.8, 4) is 0 Å². The molecule has 2 aliphatic heterocycles. The minimum atomic E-state index is -0.380. The number of aromatic nitrogens is 2. The van der Waals surface area contributed by atoms with Gasteiger partial charge in [0.05, 0.1) is 17.1 Å². The summed E-state index contributed by atoms with van der Waals surface area (Å²) in [6.45, 7) is 3.56. The highest BCUT2D eigenvalue weighted by atomic mass is 16.2. The Morgan fingerprint density at radius 3 is 2.64 bits per heavy atom. The van der Waals surface area contributed by atoms with Gasteiger partial charge in [0.25, 0.3) is 0 Å². The van der Waals surface area contributed by atoms with Gasteiger partial charge in [-0.05, 0) is 50.3 Å². The zero-order valence-electron chi connectivity index (χ0n) is 16.4. The van der Waals surface area contributed by atoms with E-state index in [9.17, 15) is 14.4 Å². The Morgan fingerprint density at radius 1 is 1.21 bits per heavy atom. The number of carbonyl (C=O) groups excluding carboxylic acids is 3. The summed E-state index contributed by atoms with van der Waals surface area (Å²) in [6, 6.07) is 6.26. The lowest BCUT2D eigenvalue weighted by atomic mass is 9.91. The Bertz CT molecular complexity index is 941. The summed E-state index contributed by atoms with van der Waals surface area (Å²) in [4.78, 5) is 37.4. The fourth-order valence-corrected chi connectivity index (χ4v) is 4.48. The number of hydrogen-bond donors (Lipinski definition) is 1. The lowest BCUT2D eigenvalue weighted by Gasteiger charge is -2.33. The zero-order valence-corrected chi connectivity index (χ0v) is 16.4. The molecule has 1 aromatic carbocycles. The van der Waals surface area contributed by atoms with E-state index in [0.717, 1.165) is 48.2 Å². The standard InChI is InChI=1S/C21H26N4O3/c1-13(26)11-14-7-9-25(10-8-14)15-3-4-16-18(12-15)24(2)23-20(16)17-5-6-19(27)22-21(17)28/h3-4,12,14,17H,5-11H2,1-2H3,(H,22,27,28)/t17-/m0/s1. The molecule has 0 radical (unpaired) electrons. The Morgan fingerprint density at radius 2 is 1.96 bits per heavy atom. The molecule has 2 aromatic rings. The molecule has 1 atom stereocenters. The number of anilines is 1. The maximum Gasteiger partial charge on any atom is 0.235 e. The Hall–Kier alpha value is -2.70. The monoisotopic (exact) mass is 382 g/mol. The van der Waals surface area contributed by atoms with Crippen LogP contribution < -0.4 is 10.2 Å². The van der Waals surface area contributed by atoms with Crippen molar-refractivity contribution in [2.24, 2.45) is 13.0 Å². The topological polar surface area (TPSA) is 84.3 Å². The first kappa shape index (κ1) is 18.7. The van der Waals surface area contributed by atoms with Gasteiger partial charge in [0.15, 0.2) is 0 Å². The zero-order chi connectivity index (χ0) is 19.8. The van der Waals surface area contributed by atoms with Gasteiger partial charge in [-0.25, -0.2) is 0 Å². The highest BCUT2D eigenvalue weighted by molar-refractivity contribution is 6.02. The van der Waals surface area contributed by atoms with Crippen molar-refractivity contribution in [2.45, 2.75) is 44.9 Å². The average Bonchev–Trinajstić information content (AvgIpc) is 2.98. The van der Waals surface area contributed by atoms with Crippen LogP contribution in [0.4, 0.5) is 5.69 Å². The molecule has 7 heteroatoms. The molecule has 0 saturated carbocycles. The number of nitrogens with zero attached hydrogens (tertiary/aromatic N) is 3. The van der Waals surface area contributed by atoms with E-state index in [1.807, 2.05) is 17.8 Å². The van der Waals surface area contributed by atoms with Crippen molar-refractivity contribution in [1.29, 1.82) is 0 Å². The second kappa shape index (κ2) is 7.37. The van der Waals surface area contributed by atoms with Gasteiger partial charge in [0.2, 0.25) is 11.8 Å². The molecule has 2 aliphatic rings. The largest absolute Gasteiger partial charge is 0.371 e. The summed E-state index contributed by atoms with van der Waals surface area (Å²) in [7, 11) is 1.89. The second-order valence-corrected chi connectivity index (χ2v) is 8.05. The Balaban J connectivity index is 1.56. The SMILES string of the molecule is CC(=O)CC1CCN(c2ccc3c([C@@H]4CCC(=O)NC4=O)nn(C)c3c2)CC1. The highest BCUT2D eigenvalue weighted by Gasteiger charge is 2.31. The van der Waals surface area contributed by atoms with Gasteiger partial charge in [0, 0.05) is 44.1 Å². The number of hydrogen-bond acceptors (Lipinski definition) is 5. The number of fused-ring (bicyclic) bond motifs is 1. The number of piperidine rings is 2. The molecular formula is C21H26N4O3. The minimum absolute atomic E-state index is 0.211. The predicted octanol–water partition coefficient (Wildman–Crippen LogP) is 2.29. The average molecular weight is 382 g/mol. The highest BCUT2D eigenvalue weighted by Crippen LogP contribution is 2.33. The van der Waals surface area contributed by atoms with Crippen LogP contribution in [0.5, 0.6) is 0 Å². The third-order valence-electron chi connectivity index (χ3n) is 5.99. The fraction of sp³-hybridized carbons (Fsp3) is 0.524. The molecule has 4 rings (SSSR count). The van der Waals surface area contributed by atoms with Gasteiger partial charge >= 0.3 is 0 Å². The normalized spacial score (nSPS) is 21.2. The summed E-state index contributed by atoms with van der Waals surface area (Å²) in [5, 5.41) is 8.00. The molecule has 2 fully saturated rings. The van der Waals surface area contributed by atoms with Crippen molar-refractivity contribution < 1.29 is 14.4 Å². The van der Waals surface area contributed by atoms with E-state index in [2.05, 4.69) is 27.4 Å². The molecule has 148 valence electrons. The molecule has 3 heterocycles. The number of rotatable bonds is 4. The number of carbonyl (C=O) groups is 3. The molecular weight excluding hydrogens is 356 g/mol. The van der Waals surface area contributed by atoms with Crippen LogP contribution >= 0.6 is 0 Å². The van der Waals surface area contributed by atoms with E-state index in [1.165, 1.54) is 0 Å². The van der Waals surface area contributed by atoms with Crippen LogP contribution in [0.25, 0.3) is 10.9 Å². The Labute approximate surface area is 164 Å². The molecule has 7 nitrogen and oxygen atoms in total. The van der Waals surface area contributed by atoms with Gasteiger partial charge in [0.1, 0.15) is 5.78 Å². The molecule has 2 amide bonds. The van der Waals surface area contributed by atoms with Crippen LogP contribution in [0, 0.1) is 5.92 Å². The molecule has 2 saturated heterocycles. The maximum atomic E-state index is 12.3. The lowest BCUT2D eigenvalue weighted by molar-refractivity contribution is -0.134. The Kier molecular flexibility index (Phi) is 4.91. The van der Waals surface area contributed by atoms with Gasteiger partial charge < -0.3 is 9.69 Å². The number of ketones is 1. The van der Waals surface area contributed by atoms with E-state index in [-0.39, 0.29) is 23.5 Å². The minimum Gasteiger partial charge on any atom is -0.371 e. The summed E-state index contributed by atoms with van der Waals surface area (Å²) in [6.07, 6.45) is 3.60. The summed E-state index contributed by atoms with van der Waals surface area (Å²) in [5.41, 5.74) is 2.88. The van der Waals surface area contributed by atoms with E-state index < -0.39 is 0 Å². The molecule has 0 spiro atoms. The van der Waals surface area contributed by atoms with Crippen molar-refractivity contribution in [1.82, 2.24) is 15.1 Å². The van der Waals surface area contributed by atoms with Crippen molar-refractivity contribution in [3.05, 3.63) is 23.9 Å². The summed E-state index contributed by atoms with van der Waals surface area (Å²) >= 11 is 0. The van der Waals surface area contributed by atoms with E-state index in [4.69, 9.17) is 0 Å². The molecule has 0 aliphatic carbocycles. The van der Waals surface area contributed by atoms with Gasteiger partial charge in [-0.2, -0.15) is 5.10 Å². The van der Waals surface area contributed by atoms with E-state index in [0.29, 0.717) is 25.2 Å². The number of aryl methyl sites for hydroxylation is 1. The smallest absolute Gasteiger partial charge is 0.235 e. The lowest BCUT2D eigenvalue weighted by Crippen LogP contribution is -2.39. The maximum absolute atomic E-state index is 12.3. The van der Waals surface area contributed by atoms with Crippen molar-refractivity contribution in [2.75, 3.05) is 18.0 Å². The summed E-state index contributed by atoms with van der Waals surface area (Å²) < 4.78 is 1.82. The fourth-order valence-electron chi connectivity index (χ4n) is 4.48. The third kappa shape index (κ3) is 3.53. The molecule has 28 heavy (non-hydrogen) atoms.